The van der Waals surface area contributed by atoms with E-state index in [1.807, 2.05) is 6.07 Å². The second-order valence-electron chi connectivity index (χ2n) is 6.41. The van der Waals surface area contributed by atoms with Crippen LogP contribution in [0.15, 0.2) is 48.7 Å². The van der Waals surface area contributed by atoms with Crippen LogP contribution in [-0.4, -0.2) is 34.6 Å². The maximum atomic E-state index is 12.3. The number of pyridine rings is 1. The second kappa shape index (κ2) is 8.28. The minimum atomic E-state index is -4.75. The van der Waals surface area contributed by atoms with Gasteiger partial charge < -0.3 is 15.0 Å². The molecular formula is C19H18F3N3O3. The molecule has 1 saturated heterocycles. The maximum Gasteiger partial charge on any atom is 0.573 e. The van der Waals surface area contributed by atoms with Crippen molar-refractivity contribution in [1.82, 2.24) is 15.2 Å². The Morgan fingerprint density at radius 3 is 2.61 bits per heavy atom. The van der Waals surface area contributed by atoms with Gasteiger partial charge in [-0.05, 0) is 29.8 Å². The average molecular weight is 393 g/mol. The molecule has 1 aliphatic rings. The zero-order valence-corrected chi connectivity index (χ0v) is 14.8. The standard InChI is InChI=1S/C19H18F3N3O3/c20-19(21,22)28-16-6-4-13(5-7-16)11-25-12-14(9-17(25)26)18(27)24-10-15-3-1-2-8-23-15/h1-8,14H,9-12H2,(H,24,27)/t14-/m1/s1. The molecule has 6 nitrogen and oxygen atoms in total. The number of halogens is 3. The molecule has 0 aliphatic carbocycles. The van der Waals surface area contributed by atoms with Crippen LogP contribution < -0.4 is 10.1 Å². The lowest BCUT2D eigenvalue weighted by molar-refractivity contribution is -0.274. The number of nitrogens with one attached hydrogen (secondary N) is 1. The van der Waals surface area contributed by atoms with E-state index >= 15 is 0 Å². The number of aromatic nitrogens is 1. The molecule has 9 heteroatoms. The van der Waals surface area contributed by atoms with Gasteiger partial charge in [0, 0.05) is 25.7 Å². The molecule has 1 aliphatic heterocycles. The van der Waals surface area contributed by atoms with Crippen molar-refractivity contribution in [2.45, 2.75) is 25.9 Å². The molecule has 3 rings (SSSR count). The average Bonchev–Trinajstić information content (AvgIpc) is 3.02. The lowest BCUT2D eigenvalue weighted by atomic mass is 10.1. The van der Waals surface area contributed by atoms with E-state index in [0.717, 1.165) is 5.69 Å². The highest BCUT2D eigenvalue weighted by Crippen LogP contribution is 2.24. The van der Waals surface area contributed by atoms with Crippen molar-refractivity contribution in [1.29, 1.82) is 0 Å². The number of likely N-dealkylation sites (tertiary alicyclic amines) is 1. The molecule has 2 amide bonds. The molecule has 0 bridgehead atoms. The predicted molar refractivity (Wildman–Crippen MR) is 92.7 cm³/mol. The quantitative estimate of drug-likeness (QED) is 0.819. The summed E-state index contributed by atoms with van der Waals surface area (Å²) in [6, 6.07) is 10.7. The smallest absolute Gasteiger partial charge is 0.406 e. The van der Waals surface area contributed by atoms with Crippen LogP contribution in [0.5, 0.6) is 5.75 Å². The van der Waals surface area contributed by atoms with Crippen molar-refractivity contribution in [3.63, 3.8) is 0 Å². The zero-order valence-electron chi connectivity index (χ0n) is 14.8. The minimum Gasteiger partial charge on any atom is -0.406 e. The maximum absolute atomic E-state index is 12.3. The van der Waals surface area contributed by atoms with Crippen molar-refractivity contribution in [2.24, 2.45) is 5.92 Å². The van der Waals surface area contributed by atoms with Gasteiger partial charge in [0.2, 0.25) is 11.8 Å². The molecule has 1 N–H and O–H groups in total. The Morgan fingerprint density at radius 2 is 1.96 bits per heavy atom. The lowest BCUT2D eigenvalue weighted by Crippen LogP contribution is -2.32. The highest BCUT2D eigenvalue weighted by Gasteiger charge is 2.34. The van der Waals surface area contributed by atoms with E-state index in [4.69, 9.17) is 0 Å². The predicted octanol–water partition coefficient (Wildman–Crippen LogP) is 2.65. The number of carbonyl (C=O) groups is 2. The number of ether oxygens (including phenoxy) is 1. The summed E-state index contributed by atoms with van der Waals surface area (Å²) in [6.45, 7) is 0.758. The van der Waals surface area contributed by atoms with Gasteiger partial charge in [0.1, 0.15) is 5.75 Å². The fraction of sp³-hybridized carbons (Fsp3) is 0.316. The van der Waals surface area contributed by atoms with Crippen LogP contribution >= 0.6 is 0 Å². The molecule has 0 spiro atoms. The third-order valence-corrected chi connectivity index (χ3v) is 4.29. The number of hydrogen-bond acceptors (Lipinski definition) is 4. The highest BCUT2D eigenvalue weighted by atomic mass is 19.4. The molecule has 28 heavy (non-hydrogen) atoms. The Balaban J connectivity index is 1.52. The van der Waals surface area contributed by atoms with Gasteiger partial charge >= 0.3 is 6.36 Å². The van der Waals surface area contributed by atoms with Gasteiger partial charge in [-0.1, -0.05) is 18.2 Å². The molecule has 2 aromatic rings. The molecule has 1 aromatic heterocycles. The van der Waals surface area contributed by atoms with Crippen molar-refractivity contribution >= 4 is 11.8 Å². The number of alkyl halides is 3. The Bertz CT molecular complexity index is 826. The van der Waals surface area contributed by atoms with E-state index in [0.29, 0.717) is 5.56 Å². The van der Waals surface area contributed by atoms with Crippen molar-refractivity contribution in [3.8, 4) is 5.75 Å². The van der Waals surface area contributed by atoms with E-state index in [1.54, 1.807) is 18.3 Å². The molecule has 1 aromatic carbocycles. The molecule has 1 atom stereocenters. The van der Waals surface area contributed by atoms with E-state index in [9.17, 15) is 22.8 Å². The third-order valence-electron chi connectivity index (χ3n) is 4.29. The van der Waals surface area contributed by atoms with Crippen LogP contribution in [0, 0.1) is 5.92 Å². The molecule has 148 valence electrons. The Kier molecular flexibility index (Phi) is 5.81. The Hall–Kier alpha value is -3.10. The molecule has 1 fully saturated rings. The first-order valence-corrected chi connectivity index (χ1v) is 8.60. The number of hydrogen-bond donors (Lipinski definition) is 1. The summed E-state index contributed by atoms with van der Waals surface area (Å²) in [5.74, 6) is -1.19. The number of carbonyl (C=O) groups excluding carboxylic acids is 2. The van der Waals surface area contributed by atoms with Crippen molar-refractivity contribution in [2.75, 3.05) is 6.54 Å². The van der Waals surface area contributed by atoms with E-state index in [-0.39, 0.29) is 43.6 Å². The van der Waals surface area contributed by atoms with Gasteiger partial charge in [0.15, 0.2) is 0 Å². The summed E-state index contributed by atoms with van der Waals surface area (Å²) in [4.78, 5) is 30.1. The largest absolute Gasteiger partial charge is 0.573 e. The summed E-state index contributed by atoms with van der Waals surface area (Å²) in [6.07, 6.45) is -3.01. The third kappa shape index (κ3) is 5.45. The first-order valence-electron chi connectivity index (χ1n) is 8.60. The minimum absolute atomic E-state index is 0.101. The van der Waals surface area contributed by atoms with Crippen LogP contribution in [0.4, 0.5) is 13.2 Å². The summed E-state index contributed by atoms with van der Waals surface area (Å²) >= 11 is 0. The summed E-state index contributed by atoms with van der Waals surface area (Å²) in [5.41, 5.74) is 1.37. The van der Waals surface area contributed by atoms with Crippen LogP contribution in [0.25, 0.3) is 0 Å². The second-order valence-corrected chi connectivity index (χ2v) is 6.41. The number of nitrogens with zero attached hydrogens (tertiary/aromatic N) is 2. The Morgan fingerprint density at radius 1 is 1.21 bits per heavy atom. The zero-order chi connectivity index (χ0) is 20.1. The molecule has 0 unspecified atom stereocenters. The fourth-order valence-corrected chi connectivity index (χ4v) is 2.94. The van der Waals surface area contributed by atoms with Gasteiger partial charge in [0.05, 0.1) is 18.2 Å². The van der Waals surface area contributed by atoms with Crippen LogP contribution in [0.2, 0.25) is 0 Å². The van der Waals surface area contributed by atoms with Gasteiger partial charge in [0.25, 0.3) is 0 Å². The van der Waals surface area contributed by atoms with Crippen molar-refractivity contribution in [3.05, 3.63) is 59.9 Å². The molecule has 2 heterocycles. The van der Waals surface area contributed by atoms with Gasteiger partial charge in [-0.15, -0.1) is 13.2 Å². The Labute approximate surface area is 159 Å². The summed E-state index contributed by atoms with van der Waals surface area (Å²) in [5, 5.41) is 2.77. The summed E-state index contributed by atoms with van der Waals surface area (Å²) < 4.78 is 40.4. The topological polar surface area (TPSA) is 71.5 Å². The van der Waals surface area contributed by atoms with Gasteiger partial charge in [-0.2, -0.15) is 0 Å². The highest BCUT2D eigenvalue weighted by molar-refractivity contribution is 5.89. The van der Waals surface area contributed by atoms with Crippen LogP contribution in [-0.2, 0) is 22.7 Å². The lowest BCUT2D eigenvalue weighted by Gasteiger charge is -2.17. The molecular weight excluding hydrogens is 375 g/mol. The first-order chi connectivity index (χ1) is 13.3. The van der Waals surface area contributed by atoms with E-state index in [2.05, 4.69) is 15.0 Å². The van der Waals surface area contributed by atoms with Gasteiger partial charge in [-0.25, -0.2) is 0 Å². The van der Waals surface area contributed by atoms with E-state index < -0.39 is 12.3 Å². The number of benzene rings is 1. The SMILES string of the molecule is O=C(NCc1ccccn1)[C@@H]1CC(=O)N(Cc2ccc(OC(F)(F)F)cc2)C1. The first kappa shape index (κ1) is 19.7. The monoisotopic (exact) mass is 393 g/mol. The normalized spacial score (nSPS) is 16.9. The fourth-order valence-electron chi connectivity index (χ4n) is 2.94. The van der Waals surface area contributed by atoms with Crippen molar-refractivity contribution < 1.29 is 27.5 Å². The van der Waals surface area contributed by atoms with Crippen LogP contribution in [0.3, 0.4) is 0 Å². The van der Waals surface area contributed by atoms with E-state index in [1.165, 1.54) is 29.2 Å². The number of amides is 2. The molecule has 0 saturated carbocycles. The molecule has 0 radical (unpaired) electrons. The van der Waals surface area contributed by atoms with Crippen LogP contribution in [0.1, 0.15) is 17.7 Å². The van der Waals surface area contributed by atoms with Gasteiger partial charge in [-0.3, -0.25) is 14.6 Å². The summed E-state index contributed by atoms with van der Waals surface area (Å²) in [7, 11) is 0. The number of rotatable bonds is 6.